The van der Waals surface area contributed by atoms with Crippen LogP contribution in [0.1, 0.15) is 24.2 Å². The van der Waals surface area contributed by atoms with Gasteiger partial charge in [-0.2, -0.15) is 0 Å². The van der Waals surface area contributed by atoms with Crippen molar-refractivity contribution in [1.29, 1.82) is 0 Å². The standard InChI is InChI=1S/C12H17NO3/c1-8(2)11(7-14)13-12(16)9-4-3-5-10(15)6-9/h3-6,8,11,14-15H,7H2,1-2H3,(H,13,16). The Morgan fingerprint density at radius 3 is 2.62 bits per heavy atom. The fourth-order valence-electron chi connectivity index (χ4n) is 1.32. The van der Waals surface area contributed by atoms with Gasteiger partial charge in [0.05, 0.1) is 12.6 Å². The number of carbonyl (C=O) groups excluding carboxylic acids is 1. The first-order chi connectivity index (χ1) is 7.54. The van der Waals surface area contributed by atoms with Crippen LogP contribution in [0.5, 0.6) is 5.75 Å². The maximum Gasteiger partial charge on any atom is 0.251 e. The number of phenols is 1. The lowest BCUT2D eigenvalue weighted by atomic mass is 10.0. The Hall–Kier alpha value is -1.55. The zero-order valence-electron chi connectivity index (χ0n) is 9.47. The lowest BCUT2D eigenvalue weighted by molar-refractivity contribution is 0.0896. The van der Waals surface area contributed by atoms with Crippen molar-refractivity contribution in [2.75, 3.05) is 6.61 Å². The minimum absolute atomic E-state index is 0.0535. The fourth-order valence-corrected chi connectivity index (χ4v) is 1.32. The molecule has 1 amide bonds. The first kappa shape index (κ1) is 12.5. The highest BCUT2D eigenvalue weighted by Gasteiger charge is 2.16. The summed E-state index contributed by atoms with van der Waals surface area (Å²) < 4.78 is 0. The van der Waals surface area contributed by atoms with Crippen molar-refractivity contribution in [2.45, 2.75) is 19.9 Å². The molecule has 0 fully saturated rings. The van der Waals surface area contributed by atoms with E-state index in [4.69, 9.17) is 5.11 Å². The van der Waals surface area contributed by atoms with Gasteiger partial charge in [0, 0.05) is 5.56 Å². The van der Waals surface area contributed by atoms with Crippen LogP contribution in [-0.2, 0) is 0 Å². The summed E-state index contributed by atoms with van der Waals surface area (Å²) in [5.41, 5.74) is 0.388. The molecule has 0 aliphatic heterocycles. The normalized spacial score (nSPS) is 12.5. The number of nitrogens with one attached hydrogen (secondary N) is 1. The summed E-state index contributed by atoms with van der Waals surface area (Å²) >= 11 is 0. The van der Waals surface area contributed by atoms with Crippen LogP contribution in [0.4, 0.5) is 0 Å². The Bertz CT molecular complexity index is 363. The highest BCUT2D eigenvalue weighted by atomic mass is 16.3. The summed E-state index contributed by atoms with van der Waals surface area (Å²) in [5.74, 6) is -0.0762. The molecule has 0 aromatic heterocycles. The average Bonchev–Trinajstić information content (AvgIpc) is 2.25. The number of rotatable bonds is 4. The molecular weight excluding hydrogens is 206 g/mol. The Kier molecular flexibility index (Phi) is 4.31. The Morgan fingerprint density at radius 2 is 2.12 bits per heavy atom. The second-order valence-corrected chi connectivity index (χ2v) is 4.06. The van der Waals surface area contributed by atoms with E-state index < -0.39 is 0 Å². The van der Waals surface area contributed by atoms with Crippen LogP contribution < -0.4 is 5.32 Å². The second-order valence-electron chi connectivity index (χ2n) is 4.06. The van der Waals surface area contributed by atoms with Gasteiger partial charge >= 0.3 is 0 Å². The number of carbonyl (C=O) groups is 1. The lowest BCUT2D eigenvalue weighted by Crippen LogP contribution is -2.41. The number of aliphatic hydroxyl groups is 1. The second kappa shape index (κ2) is 5.51. The molecule has 88 valence electrons. The molecular formula is C12H17NO3. The van der Waals surface area contributed by atoms with Gasteiger partial charge < -0.3 is 15.5 Å². The minimum atomic E-state index is -0.288. The van der Waals surface area contributed by atoms with E-state index in [1.807, 2.05) is 13.8 Å². The van der Waals surface area contributed by atoms with Crippen molar-refractivity contribution in [3.05, 3.63) is 29.8 Å². The first-order valence-electron chi connectivity index (χ1n) is 5.25. The van der Waals surface area contributed by atoms with Crippen LogP contribution in [-0.4, -0.2) is 28.8 Å². The van der Waals surface area contributed by atoms with Crippen LogP contribution in [0.2, 0.25) is 0 Å². The van der Waals surface area contributed by atoms with Crippen LogP contribution in [0.15, 0.2) is 24.3 Å². The molecule has 1 atom stereocenters. The number of phenolic OH excluding ortho intramolecular Hbond substituents is 1. The van der Waals surface area contributed by atoms with Crippen LogP contribution >= 0.6 is 0 Å². The van der Waals surface area contributed by atoms with Gasteiger partial charge in [0.15, 0.2) is 0 Å². The highest BCUT2D eigenvalue weighted by molar-refractivity contribution is 5.94. The average molecular weight is 223 g/mol. The van der Waals surface area contributed by atoms with Crippen molar-refractivity contribution < 1.29 is 15.0 Å². The summed E-state index contributed by atoms with van der Waals surface area (Å²) in [6.07, 6.45) is 0. The smallest absolute Gasteiger partial charge is 0.251 e. The van der Waals surface area contributed by atoms with Gasteiger partial charge in [-0.25, -0.2) is 0 Å². The summed E-state index contributed by atoms with van der Waals surface area (Å²) in [5, 5.41) is 21.0. The number of aliphatic hydroxyl groups excluding tert-OH is 1. The molecule has 4 nitrogen and oxygen atoms in total. The van der Waals surface area contributed by atoms with E-state index in [-0.39, 0.29) is 30.2 Å². The molecule has 4 heteroatoms. The predicted molar refractivity (Wildman–Crippen MR) is 61.3 cm³/mol. The van der Waals surface area contributed by atoms with E-state index in [2.05, 4.69) is 5.32 Å². The Morgan fingerprint density at radius 1 is 1.44 bits per heavy atom. The van der Waals surface area contributed by atoms with E-state index in [0.717, 1.165) is 0 Å². The van der Waals surface area contributed by atoms with E-state index >= 15 is 0 Å². The summed E-state index contributed by atoms with van der Waals surface area (Å²) in [4.78, 5) is 11.7. The Balaban J connectivity index is 2.72. The summed E-state index contributed by atoms with van der Waals surface area (Å²) in [6, 6.07) is 5.85. The molecule has 16 heavy (non-hydrogen) atoms. The number of amides is 1. The van der Waals surface area contributed by atoms with Crippen LogP contribution in [0, 0.1) is 5.92 Å². The summed E-state index contributed by atoms with van der Waals surface area (Å²) in [7, 11) is 0. The molecule has 1 aromatic carbocycles. The highest BCUT2D eigenvalue weighted by Crippen LogP contribution is 2.11. The first-order valence-corrected chi connectivity index (χ1v) is 5.25. The van der Waals surface area contributed by atoms with Crippen molar-refractivity contribution in [3.8, 4) is 5.75 Å². The van der Waals surface area contributed by atoms with Crippen LogP contribution in [0.3, 0.4) is 0 Å². The van der Waals surface area contributed by atoms with Crippen molar-refractivity contribution in [1.82, 2.24) is 5.32 Å². The number of benzene rings is 1. The molecule has 0 aliphatic carbocycles. The molecule has 0 saturated heterocycles. The van der Waals surface area contributed by atoms with Crippen LogP contribution in [0.25, 0.3) is 0 Å². The third-order valence-electron chi connectivity index (χ3n) is 2.43. The largest absolute Gasteiger partial charge is 0.508 e. The maximum absolute atomic E-state index is 11.7. The van der Waals surface area contributed by atoms with E-state index in [9.17, 15) is 9.90 Å². The summed E-state index contributed by atoms with van der Waals surface area (Å²) in [6.45, 7) is 3.75. The Labute approximate surface area is 94.9 Å². The lowest BCUT2D eigenvalue weighted by Gasteiger charge is -2.19. The van der Waals surface area contributed by atoms with Gasteiger partial charge in [-0.15, -0.1) is 0 Å². The fraction of sp³-hybridized carbons (Fsp3) is 0.417. The minimum Gasteiger partial charge on any atom is -0.508 e. The van der Waals surface area contributed by atoms with Gasteiger partial charge in [-0.1, -0.05) is 19.9 Å². The monoisotopic (exact) mass is 223 g/mol. The number of aromatic hydroxyl groups is 1. The molecule has 1 aromatic rings. The quantitative estimate of drug-likeness (QED) is 0.717. The van der Waals surface area contributed by atoms with Gasteiger partial charge in [0.1, 0.15) is 5.75 Å². The molecule has 1 unspecified atom stereocenters. The number of hydrogen-bond acceptors (Lipinski definition) is 3. The van der Waals surface area contributed by atoms with Gasteiger partial charge in [0.2, 0.25) is 0 Å². The zero-order chi connectivity index (χ0) is 12.1. The van der Waals surface area contributed by atoms with Gasteiger partial charge in [-0.3, -0.25) is 4.79 Å². The van der Waals surface area contributed by atoms with E-state index in [1.54, 1.807) is 12.1 Å². The molecule has 1 rings (SSSR count). The zero-order valence-corrected chi connectivity index (χ0v) is 9.47. The molecule has 0 spiro atoms. The third kappa shape index (κ3) is 3.24. The van der Waals surface area contributed by atoms with Crippen molar-refractivity contribution in [2.24, 2.45) is 5.92 Å². The van der Waals surface area contributed by atoms with Crippen molar-refractivity contribution in [3.63, 3.8) is 0 Å². The topological polar surface area (TPSA) is 69.6 Å². The molecule has 0 radical (unpaired) electrons. The van der Waals surface area contributed by atoms with Crippen molar-refractivity contribution >= 4 is 5.91 Å². The molecule has 0 bridgehead atoms. The van der Waals surface area contributed by atoms with E-state index in [1.165, 1.54) is 12.1 Å². The third-order valence-corrected chi connectivity index (χ3v) is 2.43. The molecule has 0 aliphatic rings. The predicted octanol–water partition coefficient (Wildman–Crippen LogP) is 1.14. The SMILES string of the molecule is CC(C)C(CO)NC(=O)c1cccc(O)c1. The maximum atomic E-state index is 11.7. The molecule has 3 N–H and O–H groups in total. The number of hydrogen-bond donors (Lipinski definition) is 3. The van der Waals surface area contributed by atoms with Gasteiger partial charge in [0.25, 0.3) is 5.91 Å². The molecule has 0 heterocycles. The molecule has 0 saturated carbocycles. The van der Waals surface area contributed by atoms with Gasteiger partial charge in [-0.05, 0) is 24.1 Å². The van der Waals surface area contributed by atoms with E-state index in [0.29, 0.717) is 5.56 Å².